The molecule has 0 bridgehead atoms. The molecule has 1 aliphatic heterocycles. The SMILES string of the molecule is O=C(O)C1CSCN1C(=O)c1cc(F)c(F)cc1Cl. The van der Waals surface area contributed by atoms with Crippen molar-refractivity contribution in [2.24, 2.45) is 0 Å². The van der Waals surface area contributed by atoms with Crippen LogP contribution in [0.4, 0.5) is 8.78 Å². The lowest BCUT2D eigenvalue weighted by molar-refractivity contribution is -0.140. The van der Waals surface area contributed by atoms with Gasteiger partial charge in [0.15, 0.2) is 11.6 Å². The Bertz CT molecular complexity index is 555. The Morgan fingerprint density at radius 2 is 2.00 bits per heavy atom. The molecular weight excluding hydrogens is 300 g/mol. The van der Waals surface area contributed by atoms with Gasteiger partial charge in [0.05, 0.1) is 16.5 Å². The Balaban J connectivity index is 2.34. The molecule has 1 N–H and O–H groups in total. The van der Waals surface area contributed by atoms with Crippen LogP contribution < -0.4 is 0 Å². The Labute approximate surface area is 116 Å². The summed E-state index contributed by atoms with van der Waals surface area (Å²) >= 11 is 6.96. The number of nitrogens with zero attached hydrogens (tertiary/aromatic N) is 1. The standard InChI is InChI=1S/C11H8ClF2NO3S/c12-6-2-8(14)7(13)1-5(6)10(16)15-4-19-3-9(15)11(17)18/h1-2,9H,3-4H2,(H,17,18). The highest BCUT2D eigenvalue weighted by Gasteiger charge is 2.36. The zero-order valence-corrected chi connectivity index (χ0v) is 11.0. The van der Waals surface area contributed by atoms with Crippen molar-refractivity contribution in [2.45, 2.75) is 6.04 Å². The molecule has 1 heterocycles. The Kier molecular flexibility index (Phi) is 3.96. The highest BCUT2D eigenvalue weighted by molar-refractivity contribution is 7.99. The summed E-state index contributed by atoms with van der Waals surface area (Å²) in [6, 6.07) is 0.395. The number of carbonyl (C=O) groups is 2. The molecule has 0 spiro atoms. The first-order valence-corrected chi connectivity index (χ1v) is 6.71. The van der Waals surface area contributed by atoms with Gasteiger partial charge in [0, 0.05) is 5.75 Å². The van der Waals surface area contributed by atoms with Gasteiger partial charge in [0.25, 0.3) is 5.91 Å². The number of benzene rings is 1. The summed E-state index contributed by atoms with van der Waals surface area (Å²) in [6.07, 6.45) is 0. The summed E-state index contributed by atoms with van der Waals surface area (Å²) in [4.78, 5) is 24.2. The van der Waals surface area contributed by atoms with Crippen molar-refractivity contribution in [3.05, 3.63) is 34.4 Å². The van der Waals surface area contributed by atoms with Gasteiger partial charge in [-0.1, -0.05) is 11.6 Å². The molecule has 1 atom stereocenters. The molecule has 1 saturated heterocycles. The lowest BCUT2D eigenvalue weighted by atomic mass is 10.1. The van der Waals surface area contributed by atoms with Crippen molar-refractivity contribution < 1.29 is 23.5 Å². The topological polar surface area (TPSA) is 57.6 Å². The van der Waals surface area contributed by atoms with Crippen LogP contribution in [0.25, 0.3) is 0 Å². The summed E-state index contributed by atoms with van der Waals surface area (Å²) in [7, 11) is 0. The minimum Gasteiger partial charge on any atom is -0.480 e. The molecule has 4 nitrogen and oxygen atoms in total. The molecule has 1 aromatic carbocycles. The van der Waals surface area contributed by atoms with E-state index in [2.05, 4.69) is 0 Å². The second-order valence-electron chi connectivity index (χ2n) is 3.88. The number of hydrogen-bond donors (Lipinski definition) is 1. The summed E-state index contributed by atoms with van der Waals surface area (Å²) in [5.41, 5.74) is -0.241. The third kappa shape index (κ3) is 2.66. The van der Waals surface area contributed by atoms with E-state index in [-0.39, 0.29) is 22.2 Å². The maximum atomic E-state index is 13.1. The molecular formula is C11H8ClF2NO3S. The van der Waals surface area contributed by atoms with E-state index in [1.807, 2.05) is 0 Å². The number of halogens is 3. The maximum absolute atomic E-state index is 13.1. The number of thioether (sulfide) groups is 1. The van der Waals surface area contributed by atoms with Crippen molar-refractivity contribution in [3.63, 3.8) is 0 Å². The molecule has 0 aliphatic carbocycles. The minimum absolute atomic E-state index is 0.172. The highest BCUT2D eigenvalue weighted by atomic mass is 35.5. The first-order valence-electron chi connectivity index (χ1n) is 5.18. The van der Waals surface area contributed by atoms with E-state index in [1.165, 1.54) is 11.8 Å². The van der Waals surface area contributed by atoms with Crippen molar-refractivity contribution in [1.29, 1.82) is 0 Å². The smallest absolute Gasteiger partial charge is 0.327 e. The number of carboxylic acids is 1. The second kappa shape index (κ2) is 5.34. The average molecular weight is 308 g/mol. The van der Waals surface area contributed by atoms with E-state index in [4.69, 9.17) is 16.7 Å². The van der Waals surface area contributed by atoms with E-state index in [0.29, 0.717) is 12.1 Å². The first kappa shape index (κ1) is 14.1. The molecule has 0 saturated carbocycles. The molecule has 1 amide bonds. The van der Waals surface area contributed by atoms with Crippen molar-refractivity contribution >= 4 is 35.2 Å². The molecule has 102 valence electrons. The molecule has 1 aromatic rings. The van der Waals surface area contributed by atoms with Gasteiger partial charge >= 0.3 is 5.97 Å². The number of rotatable bonds is 2. The average Bonchev–Trinajstić information content (AvgIpc) is 2.82. The van der Waals surface area contributed by atoms with Crippen LogP contribution in [0.1, 0.15) is 10.4 Å². The quantitative estimate of drug-likeness (QED) is 0.851. The largest absolute Gasteiger partial charge is 0.480 e. The minimum atomic E-state index is -1.20. The number of hydrogen-bond acceptors (Lipinski definition) is 3. The summed E-state index contributed by atoms with van der Waals surface area (Å²) in [5.74, 6) is -3.80. The van der Waals surface area contributed by atoms with Gasteiger partial charge in [-0.15, -0.1) is 11.8 Å². The van der Waals surface area contributed by atoms with Crippen LogP contribution in [-0.2, 0) is 4.79 Å². The van der Waals surface area contributed by atoms with Crippen LogP contribution in [0.5, 0.6) is 0 Å². The molecule has 19 heavy (non-hydrogen) atoms. The van der Waals surface area contributed by atoms with Gasteiger partial charge in [-0.2, -0.15) is 0 Å². The van der Waals surface area contributed by atoms with Crippen LogP contribution in [0.2, 0.25) is 5.02 Å². The fourth-order valence-corrected chi connectivity index (χ4v) is 3.06. The summed E-state index contributed by atoms with van der Waals surface area (Å²) < 4.78 is 26.1. The fraction of sp³-hybridized carbons (Fsp3) is 0.273. The Hall–Kier alpha value is -1.34. The summed E-state index contributed by atoms with van der Waals surface area (Å²) in [5, 5.41) is 8.73. The van der Waals surface area contributed by atoms with Gasteiger partial charge in [0.2, 0.25) is 0 Å². The number of carboxylic acid groups (broad SMARTS) is 1. The van der Waals surface area contributed by atoms with Crippen molar-refractivity contribution in [3.8, 4) is 0 Å². The van der Waals surface area contributed by atoms with Gasteiger partial charge in [-0.25, -0.2) is 13.6 Å². The summed E-state index contributed by atoms with van der Waals surface area (Å²) in [6.45, 7) is 0. The zero-order valence-electron chi connectivity index (χ0n) is 9.40. The number of amides is 1. The third-order valence-corrected chi connectivity index (χ3v) is 3.99. The third-order valence-electron chi connectivity index (χ3n) is 2.67. The van der Waals surface area contributed by atoms with Gasteiger partial charge in [-0.05, 0) is 12.1 Å². The van der Waals surface area contributed by atoms with Crippen LogP contribution in [0.15, 0.2) is 12.1 Å². The Morgan fingerprint density at radius 1 is 1.37 bits per heavy atom. The lowest BCUT2D eigenvalue weighted by Gasteiger charge is -2.21. The van der Waals surface area contributed by atoms with E-state index in [1.54, 1.807) is 0 Å². The Morgan fingerprint density at radius 3 is 2.63 bits per heavy atom. The monoisotopic (exact) mass is 307 g/mol. The molecule has 8 heteroatoms. The molecule has 0 radical (unpaired) electrons. The molecule has 1 unspecified atom stereocenters. The first-order chi connectivity index (χ1) is 8.91. The molecule has 0 aromatic heterocycles. The zero-order chi connectivity index (χ0) is 14.2. The van der Waals surface area contributed by atoms with Gasteiger partial charge < -0.3 is 10.0 Å². The molecule has 1 fully saturated rings. The van der Waals surface area contributed by atoms with E-state index >= 15 is 0 Å². The van der Waals surface area contributed by atoms with Crippen LogP contribution in [-0.4, -0.2) is 39.6 Å². The van der Waals surface area contributed by atoms with Gasteiger partial charge in [-0.3, -0.25) is 4.79 Å². The normalized spacial score (nSPS) is 18.7. The van der Waals surface area contributed by atoms with Gasteiger partial charge in [0.1, 0.15) is 6.04 Å². The number of carbonyl (C=O) groups excluding carboxylic acids is 1. The predicted octanol–water partition coefficient (Wildman–Crippen LogP) is 2.22. The highest BCUT2D eigenvalue weighted by Crippen LogP contribution is 2.27. The predicted molar refractivity (Wildman–Crippen MR) is 66.3 cm³/mol. The van der Waals surface area contributed by atoms with Crippen LogP contribution in [0.3, 0.4) is 0 Å². The van der Waals surface area contributed by atoms with Crippen LogP contribution >= 0.6 is 23.4 Å². The number of aliphatic carboxylic acids is 1. The van der Waals surface area contributed by atoms with E-state index in [0.717, 1.165) is 4.90 Å². The van der Waals surface area contributed by atoms with E-state index in [9.17, 15) is 18.4 Å². The maximum Gasteiger partial charge on any atom is 0.327 e. The van der Waals surface area contributed by atoms with Crippen molar-refractivity contribution in [1.82, 2.24) is 4.90 Å². The molecule has 2 rings (SSSR count). The van der Waals surface area contributed by atoms with Crippen molar-refractivity contribution in [2.75, 3.05) is 11.6 Å². The fourth-order valence-electron chi connectivity index (χ4n) is 1.69. The van der Waals surface area contributed by atoms with E-state index < -0.39 is 29.6 Å². The lowest BCUT2D eigenvalue weighted by Crippen LogP contribution is -2.41. The molecule has 1 aliphatic rings. The van der Waals surface area contributed by atoms with Crippen LogP contribution in [0, 0.1) is 11.6 Å². The second-order valence-corrected chi connectivity index (χ2v) is 5.28.